The molecule has 0 saturated heterocycles. The number of pyridine rings is 1. The van der Waals surface area contributed by atoms with Gasteiger partial charge in [0.1, 0.15) is 5.82 Å². The third-order valence-electron chi connectivity index (χ3n) is 4.35. The molecule has 0 saturated carbocycles. The van der Waals surface area contributed by atoms with Crippen LogP contribution in [0.5, 0.6) is 0 Å². The van der Waals surface area contributed by atoms with E-state index in [1.807, 2.05) is 12.1 Å². The number of aromatic nitrogens is 1. The number of amides is 1. The number of carbonyl (C=O) groups excluding carboxylic acids is 2. The summed E-state index contributed by atoms with van der Waals surface area (Å²) >= 11 is 0. The molecular weight excluding hydrogens is 357 g/mol. The number of nitrogen functional groups attached to an aromatic ring is 1. The highest BCUT2D eigenvalue weighted by atomic mass is 19.1. The van der Waals surface area contributed by atoms with Crippen LogP contribution in [0.2, 0.25) is 0 Å². The number of anilines is 1. The quantitative estimate of drug-likeness (QED) is 0.489. The first-order chi connectivity index (χ1) is 13.5. The Hall–Kier alpha value is -3.54. The highest BCUT2D eigenvalue weighted by Gasteiger charge is 2.11. The summed E-state index contributed by atoms with van der Waals surface area (Å²) in [7, 11) is 0. The van der Waals surface area contributed by atoms with Gasteiger partial charge in [-0.2, -0.15) is 0 Å². The molecule has 2 aromatic carbocycles. The number of ketones is 1. The minimum absolute atomic E-state index is 0.0722. The fourth-order valence-electron chi connectivity index (χ4n) is 2.78. The number of nitrogens with one attached hydrogen (secondary N) is 1. The summed E-state index contributed by atoms with van der Waals surface area (Å²) in [5.74, 6) is -0.792. The molecule has 3 N–H and O–H groups in total. The van der Waals surface area contributed by atoms with E-state index in [0.717, 1.165) is 5.56 Å². The SMILES string of the molecule is Nc1cc(F)ccc1CC(=O)c1ccc(C(=O)NCCc2cccnc2)cc1. The van der Waals surface area contributed by atoms with Crippen molar-refractivity contribution in [3.63, 3.8) is 0 Å². The summed E-state index contributed by atoms with van der Waals surface area (Å²) in [6, 6.07) is 14.2. The molecule has 0 aliphatic carbocycles. The van der Waals surface area contributed by atoms with E-state index in [1.54, 1.807) is 36.7 Å². The van der Waals surface area contributed by atoms with Gasteiger partial charge >= 0.3 is 0 Å². The van der Waals surface area contributed by atoms with Crippen molar-refractivity contribution in [1.29, 1.82) is 0 Å². The van der Waals surface area contributed by atoms with Crippen molar-refractivity contribution in [3.8, 4) is 0 Å². The lowest BCUT2D eigenvalue weighted by Crippen LogP contribution is -2.25. The first-order valence-electron chi connectivity index (χ1n) is 8.87. The minimum Gasteiger partial charge on any atom is -0.398 e. The molecule has 0 bridgehead atoms. The summed E-state index contributed by atoms with van der Waals surface area (Å²) in [5.41, 5.74) is 8.56. The van der Waals surface area contributed by atoms with E-state index in [4.69, 9.17) is 5.73 Å². The molecule has 1 aromatic heterocycles. The Labute approximate surface area is 162 Å². The zero-order chi connectivity index (χ0) is 19.9. The Morgan fingerprint density at radius 1 is 1.04 bits per heavy atom. The first-order valence-corrected chi connectivity index (χ1v) is 8.87. The van der Waals surface area contributed by atoms with E-state index < -0.39 is 5.82 Å². The van der Waals surface area contributed by atoms with E-state index in [-0.39, 0.29) is 23.8 Å². The summed E-state index contributed by atoms with van der Waals surface area (Å²) in [4.78, 5) is 28.7. The standard InChI is InChI=1S/C22H20FN3O2/c23-19-8-7-18(20(24)13-19)12-21(27)16-3-5-17(6-4-16)22(28)26-11-9-15-2-1-10-25-14-15/h1-8,10,13-14H,9,11-12,24H2,(H,26,28). The van der Waals surface area contributed by atoms with Crippen molar-refractivity contribution < 1.29 is 14.0 Å². The monoisotopic (exact) mass is 377 g/mol. The highest BCUT2D eigenvalue weighted by molar-refractivity contribution is 6.00. The van der Waals surface area contributed by atoms with Crippen molar-refractivity contribution in [2.75, 3.05) is 12.3 Å². The van der Waals surface area contributed by atoms with E-state index in [2.05, 4.69) is 10.3 Å². The van der Waals surface area contributed by atoms with Gasteiger partial charge in [0, 0.05) is 42.2 Å². The van der Waals surface area contributed by atoms with Gasteiger partial charge in [0.15, 0.2) is 5.78 Å². The second kappa shape index (κ2) is 8.90. The number of halogens is 1. The molecule has 1 heterocycles. The Morgan fingerprint density at radius 2 is 1.79 bits per heavy atom. The lowest BCUT2D eigenvalue weighted by molar-refractivity contribution is 0.0951. The van der Waals surface area contributed by atoms with Gasteiger partial charge in [0.2, 0.25) is 0 Å². The number of rotatable bonds is 7. The summed E-state index contributed by atoms with van der Waals surface area (Å²) < 4.78 is 13.1. The molecule has 0 fully saturated rings. The third-order valence-corrected chi connectivity index (χ3v) is 4.35. The van der Waals surface area contributed by atoms with Crippen LogP contribution in [0.15, 0.2) is 67.0 Å². The number of nitrogens with two attached hydrogens (primary N) is 1. The van der Waals surface area contributed by atoms with Crippen LogP contribution in [0.1, 0.15) is 31.8 Å². The van der Waals surface area contributed by atoms with Gasteiger partial charge < -0.3 is 11.1 Å². The Morgan fingerprint density at radius 3 is 2.46 bits per heavy atom. The van der Waals surface area contributed by atoms with Gasteiger partial charge in [-0.3, -0.25) is 14.6 Å². The van der Waals surface area contributed by atoms with Crippen molar-refractivity contribution in [2.45, 2.75) is 12.8 Å². The highest BCUT2D eigenvalue weighted by Crippen LogP contribution is 2.16. The van der Waals surface area contributed by atoms with Gasteiger partial charge in [-0.25, -0.2) is 4.39 Å². The second-order valence-corrected chi connectivity index (χ2v) is 6.39. The van der Waals surface area contributed by atoms with Crippen LogP contribution in [-0.2, 0) is 12.8 Å². The van der Waals surface area contributed by atoms with Crippen LogP contribution in [-0.4, -0.2) is 23.2 Å². The summed E-state index contributed by atoms with van der Waals surface area (Å²) in [6.07, 6.45) is 4.23. The molecule has 3 aromatic rings. The fourth-order valence-corrected chi connectivity index (χ4v) is 2.78. The van der Waals surface area contributed by atoms with Crippen molar-refractivity contribution in [3.05, 3.63) is 95.1 Å². The Bertz CT molecular complexity index is 973. The normalized spacial score (nSPS) is 10.5. The van der Waals surface area contributed by atoms with Crippen LogP contribution < -0.4 is 11.1 Å². The predicted octanol–water partition coefficient (Wildman–Crippen LogP) is 3.20. The number of benzene rings is 2. The van der Waals surface area contributed by atoms with E-state index in [1.165, 1.54) is 18.2 Å². The molecule has 0 spiro atoms. The van der Waals surface area contributed by atoms with E-state index >= 15 is 0 Å². The smallest absolute Gasteiger partial charge is 0.251 e. The topological polar surface area (TPSA) is 85.1 Å². The minimum atomic E-state index is -0.437. The molecule has 0 aliphatic rings. The third kappa shape index (κ3) is 5.01. The molecule has 3 rings (SSSR count). The van der Waals surface area contributed by atoms with Gasteiger partial charge in [-0.15, -0.1) is 0 Å². The second-order valence-electron chi connectivity index (χ2n) is 6.39. The number of Topliss-reactive ketones (excluding diaryl/α,β-unsaturated/α-hetero) is 1. The van der Waals surface area contributed by atoms with Crippen LogP contribution in [0.3, 0.4) is 0 Å². The largest absolute Gasteiger partial charge is 0.398 e. The maximum absolute atomic E-state index is 13.1. The van der Waals surface area contributed by atoms with Gasteiger partial charge in [-0.05, 0) is 47.9 Å². The number of hydrogen-bond donors (Lipinski definition) is 2. The lowest BCUT2D eigenvalue weighted by atomic mass is 10.0. The maximum atomic E-state index is 13.1. The number of carbonyl (C=O) groups is 2. The molecule has 5 nitrogen and oxygen atoms in total. The van der Waals surface area contributed by atoms with Crippen LogP contribution >= 0.6 is 0 Å². The molecule has 0 radical (unpaired) electrons. The molecule has 0 aliphatic heterocycles. The molecule has 142 valence electrons. The van der Waals surface area contributed by atoms with Crippen molar-refractivity contribution in [2.24, 2.45) is 0 Å². The summed E-state index contributed by atoms with van der Waals surface area (Å²) in [6.45, 7) is 0.495. The van der Waals surface area contributed by atoms with Gasteiger partial charge in [0.05, 0.1) is 0 Å². The molecule has 28 heavy (non-hydrogen) atoms. The number of hydrogen-bond acceptors (Lipinski definition) is 4. The van der Waals surface area contributed by atoms with Crippen LogP contribution in [0.4, 0.5) is 10.1 Å². The molecule has 0 unspecified atom stereocenters. The molecule has 0 atom stereocenters. The first kappa shape index (κ1) is 19.2. The number of nitrogens with zero attached hydrogens (tertiary/aromatic N) is 1. The zero-order valence-electron chi connectivity index (χ0n) is 15.2. The van der Waals surface area contributed by atoms with Gasteiger partial charge in [-0.1, -0.05) is 24.3 Å². The lowest BCUT2D eigenvalue weighted by Gasteiger charge is -2.07. The van der Waals surface area contributed by atoms with Gasteiger partial charge in [0.25, 0.3) is 5.91 Å². The molecule has 6 heteroatoms. The fraction of sp³-hybridized carbons (Fsp3) is 0.136. The van der Waals surface area contributed by atoms with Crippen molar-refractivity contribution >= 4 is 17.4 Å². The average molecular weight is 377 g/mol. The predicted molar refractivity (Wildman–Crippen MR) is 106 cm³/mol. The average Bonchev–Trinajstić information content (AvgIpc) is 2.71. The Balaban J connectivity index is 1.56. The van der Waals surface area contributed by atoms with Crippen LogP contribution in [0, 0.1) is 5.82 Å². The van der Waals surface area contributed by atoms with E-state index in [0.29, 0.717) is 29.7 Å². The van der Waals surface area contributed by atoms with Crippen molar-refractivity contribution in [1.82, 2.24) is 10.3 Å². The summed E-state index contributed by atoms with van der Waals surface area (Å²) in [5, 5.41) is 2.85. The zero-order valence-corrected chi connectivity index (χ0v) is 15.2. The Kier molecular flexibility index (Phi) is 6.11. The van der Waals surface area contributed by atoms with E-state index in [9.17, 15) is 14.0 Å². The molecular formula is C22H20FN3O2. The molecule has 1 amide bonds. The van der Waals surface area contributed by atoms with Crippen LogP contribution in [0.25, 0.3) is 0 Å². The maximum Gasteiger partial charge on any atom is 0.251 e.